The summed E-state index contributed by atoms with van der Waals surface area (Å²) < 4.78 is 25.3. The molecule has 25 heavy (non-hydrogen) atoms. The molecule has 0 heterocycles. The Morgan fingerprint density at radius 3 is 2.16 bits per heavy atom. The van der Waals surface area contributed by atoms with Crippen molar-refractivity contribution in [2.75, 3.05) is 12.8 Å². The van der Waals surface area contributed by atoms with Crippen LogP contribution in [0.25, 0.3) is 0 Å². The maximum Gasteiger partial charge on any atom is 0.308 e. The molecule has 0 spiro atoms. The first-order valence-corrected chi connectivity index (χ1v) is 9.81. The van der Waals surface area contributed by atoms with Crippen LogP contribution in [-0.2, 0) is 26.0 Å². The van der Waals surface area contributed by atoms with E-state index in [1.54, 1.807) is 20.8 Å². The maximum absolute atomic E-state index is 12.4. The molecule has 0 aliphatic carbocycles. The van der Waals surface area contributed by atoms with E-state index < -0.39 is 39.3 Å². The van der Waals surface area contributed by atoms with Gasteiger partial charge in [-0.2, -0.15) is 0 Å². The zero-order chi connectivity index (χ0) is 19.3. The molecule has 0 saturated carbocycles. The summed E-state index contributed by atoms with van der Waals surface area (Å²) in [6, 6.07) is 8.12. The van der Waals surface area contributed by atoms with Crippen LogP contribution < -0.4 is 10.0 Å². The van der Waals surface area contributed by atoms with E-state index in [9.17, 15) is 23.1 Å². The summed E-state index contributed by atoms with van der Waals surface area (Å²) in [4.78, 5) is 23.9. The van der Waals surface area contributed by atoms with Crippen molar-refractivity contribution in [3.05, 3.63) is 35.9 Å². The Bertz CT molecular complexity index is 695. The van der Waals surface area contributed by atoms with Crippen LogP contribution in [0.4, 0.5) is 0 Å². The molecule has 1 rings (SSSR count). The van der Waals surface area contributed by atoms with E-state index in [1.165, 1.54) is 0 Å². The smallest absolute Gasteiger partial charge is 0.308 e. The maximum atomic E-state index is 12.4. The number of carboxylic acid groups (broad SMARTS) is 1. The lowest BCUT2D eigenvalue weighted by Gasteiger charge is -2.30. The predicted molar refractivity (Wildman–Crippen MR) is 95.5 cm³/mol. The first kappa shape index (κ1) is 21.1. The number of hydrogen-bond donors (Lipinski definition) is 3. The molecule has 1 amide bonds. The van der Waals surface area contributed by atoms with Crippen LogP contribution in [-0.4, -0.2) is 44.2 Å². The van der Waals surface area contributed by atoms with Gasteiger partial charge >= 0.3 is 5.97 Å². The van der Waals surface area contributed by atoms with Crippen molar-refractivity contribution < 1.29 is 23.1 Å². The molecule has 7 nitrogen and oxygen atoms in total. The number of rotatable bonds is 8. The number of nitrogens with one attached hydrogen (secondary N) is 2. The number of hydrogen-bond acceptors (Lipinski definition) is 4. The van der Waals surface area contributed by atoms with E-state index in [0.717, 1.165) is 11.8 Å². The molecule has 140 valence electrons. The summed E-state index contributed by atoms with van der Waals surface area (Å²) in [5, 5.41) is 11.9. The molecular formula is C17H26N2O5S. The third kappa shape index (κ3) is 7.66. The molecule has 8 heteroatoms. The fourth-order valence-corrected chi connectivity index (χ4v) is 3.20. The van der Waals surface area contributed by atoms with Crippen molar-refractivity contribution >= 4 is 21.9 Å². The molecule has 3 N–H and O–H groups in total. The lowest BCUT2D eigenvalue weighted by atomic mass is 9.86. The van der Waals surface area contributed by atoms with Crippen molar-refractivity contribution in [2.24, 2.45) is 11.3 Å². The summed E-state index contributed by atoms with van der Waals surface area (Å²) in [7, 11) is -3.58. The third-order valence-corrected chi connectivity index (χ3v) is 4.32. The van der Waals surface area contributed by atoms with Gasteiger partial charge in [0.25, 0.3) is 0 Å². The molecule has 2 atom stereocenters. The minimum Gasteiger partial charge on any atom is -0.481 e. The Morgan fingerprint density at radius 1 is 1.16 bits per heavy atom. The highest BCUT2D eigenvalue weighted by molar-refractivity contribution is 7.88. The molecular weight excluding hydrogens is 344 g/mol. The standard InChI is InChI=1S/C17H26N2O5S/c1-17(2,3)14(19-25(4,23)24)15(20)18-11-13(16(21)22)10-12-8-6-5-7-9-12/h5-9,13-14,19H,10-11H2,1-4H3,(H,18,20)(H,21,22). The van der Waals surface area contributed by atoms with Crippen LogP contribution in [0.1, 0.15) is 26.3 Å². The monoisotopic (exact) mass is 370 g/mol. The van der Waals surface area contributed by atoms with Gasteiger partial charge in [-0.15, -0.1) is 0 Å². The van der Waals surface area contributed by atoms with Crippen molar-refractivity contribution in [1.29, 1.82) is 0 Å². The van der Waals surface area contributed by atoms with E-state index in [4.69, 9.17) is 0 Å². The number of carbonyl (C=O) groups is 2. The Hall–Kier alpha value is -1.93. The average molecular weight is 370 g/mol. The second-order valence-corrected chi connectivity index (χ2v) is 8.94. The summed E-state index contributed by atoms with van der Waals surface area (Å²) in [5.41, 5.74) is 0.191. The van der Waals surface area contributed by atoms with Crippen molar-refractivity contribution in [1.82, 2.24) is 10.0 Å². The lowest BCUT2D eigenvalue weighted by molar-refractivity contribution is -0.141. The molecule has 1 aromatic carbocycles. The largest absolute Gasteiger partial charge is 0.481 e. The Kier molecular flexibility index (Phi) is 7.13. The summed E-state index contributed by atoms with van der Waals surface area (Å²) in [6.45, 7) is 5.11. The van der Waals surface area contributed by atoms with Gasteiger partial charge in [0.1, 0.15) is 6.04 Å². The topological polar surface area (TPSA) is 113 Å². The van der Waals surface area contributed by atoms with Crippen LogP contribution in [0.5, 0.6) is 0 Å². The van der Waals surface area contributed by atoms with Crippen LogP contribution in [0.15, 0.2) is 30.3 Å². The van der Waals surface area contributed by atoms with Gasteiger partial charge < -0.3 is 10.4 Å². The van der Waals surface area contributed by atoms with Gasteiger partial charge in [0.2, 0.25) is 15.9 Å². The van der Waals surface area contributed by atoms with Crippen molar-refractivity contribution in [2.45, 2.75) is 33.2 Å². The molecule has 0 fully saturated rings. The van der Waals surface area contributed by atoms with E-state index in [1.807, 2.05) is 30.3 Å². The SMILES string of the molecule is CC(C)(C)C(NS(C)(=O)=O)C(=O)NCC(Cc1ccccc1)C(=O)O. The zero-order valence-electron chi connectivity index (χ0n) is 14.9. The van der Waals surface area contributed by atoms with Gasteiger partial charge in [-0.3, -0.25) is 9.59 Å². The van der Waals surface area contributed by atoms with E-state index in [0.29, 0.717) is 0 Å². The second-order valence-electron chi connectivity index (χ2n) is 7.16. The van der Waals surface area contributed by atoms with Crippen LogP contribution in [0.3, 0.4) is 0 Å². The van der Waals surface area contributed by atoms with Crippen LogP contribution in [0, 0.1) is 11.3 Å². The van der Waals surface area contributed by atoms with Gasteiger partial charge in [0.15, 0.2) is 0 Å². The molecule has 0 bridgehead atoms. The van der Waals surface area contributed by atoms with Crippen LogP contribution >= 0.6 is 0 Å². The fraction of sp³-hybridized carbons (Fsp3) is 0.529. The molecule has 0 aliphatic heterocycles. The van der Waals surface area contributed by atoms with E-state index in [-0.39, 0.29) is 13.0 Å². The number of carbonyl (C=O) groups excluding carboxylic acids is 1. The third-order valence-electron chi connectivity index (χ3n) is 3.66. The molecule has 0 saturated heterocycles. The fourth-order valence-electron chi connectivity index (χ4n) is 2.31. The van der Waals surface area contributed by atoms with Gasteiger partial charge in [0, 0.05) is 6.54 Å². The predicted octanol–water partition coefficient (Wildman–Crippen LogP) is 1.01. The molecule has 2 unspecified atom stereocenters. The molecule has 0 aromatic heterocycles. The number of amides is 1. The number of benzene rings is 1. The summed E-state index contributed by atoms with van der Waals surface area (Å²) in [6.07, 6.45) is 1.25. The first-order chi connectivity index (χ1) is 11.4. The summed E-state index contributed by atoms with van der Waals surface area (Å²) >= 11 is 0. The van der Waals surface area contributed by atoms with Crippen molar-refractivity contribution in [3.63, 3.8) is 0 Å². The number of carboxylic acids is 1. The highest BCUT2D eigenvalue weighted by Crippen LogP contribution is 2.20. The normalized spacial score (nSPS) is 14.6. The number of sulfonamides is 1. The second kappa shape index (κ2) is 8.44. The average Bonchev–Trinajstić information content (AvgIpc) is 2.47. The van der Waals surface area contributed by atoms with Gasteiger partial charge in [-0.05, 0) is 17.4 Å². The quantitative estimate of drug-likeness (QED) is 0.632. The van der Waals surface area contributed by atoms with E-state index >= 15 is 0 Å². The highest BCUT2D eigenvalue weighted by Gasteiger charge is 2.34. The molecule has 0 radical (unpaired) electrons. The Labute approximate surface area is 148 Å². The highest BCUT2D eigenvalue weighted by atomic mass is 32.2. The van der Waals surface area contributed by atoms with E-state index in [2.05, 4.69) is 10.0 Å². The van der Waals surface area contributed by atoms with Gasteiger partial charge in [-0.1, -0.05) is 51.1 Å². The van der Waals surface area contributed by atoms with Crippen molar-refractivity contribution in [3.8, 4) is 0 Å². The summed E-state index contributed by atoms with van der Waals surface area (Å²) in [5.74, 6) is -2.37. The number of aliphatic carboxylic acids is 1. The van der Waals surface area contributed by atoms with Gasteiger partial charge in [0.05, 0.1) is 12.2 Å². The minimum absolute atomic E-state index is 0.0823. The van der Waals surface area contributed by atoms with Gasteiger partial charge in [-0.25, -0.2) is 13.1 Å². The minimum atomic E-state index is -3.58. The molecule has 0 aliphatic rings. The molecule has 1 aromatic rings. The lowest BCUT2D eigenvalue weighted by Crippen LogP contribution is -2.54. The first-order valence-electron chi connectivity index (χ1n) is 7.92. The Balaban J connectivity index is 2.79. The Morgan fingerprint density at radius 2 is 1.72 bits per heavy atom. The van der Waals surface area contributed by atoms with Crippen LogP contribution in [0.2, 0.25) is 0 Å². The zero-order valence-corrected chi connectivity index (χ0v) is 15.8.